The van der Waals surface area contributed by atoms with Crippen LogP contribution >= 0.6 is 0 Å². The topological polar surface area (TPSA) is 66.6 Å². The van der Waals surface area contributed by atoms with E-state index in [1.165, 1.54) is 13.1 Å². The van der Waals surface area contributed by atoms with E-state index < -0.39 is 0 Å². The first-order chi connectivity index (χ1) is 12.1. The zero-order chi connectivity index (χ0) is 20.3. The first-order valence-corrected chi connectivity index (χ1v) is 9.20. The summed E-state index contributed by atoms with van der Waals surface area (Å²) in [6, 6.07) is 7.07. The molecule has 1 aliphatic heterocycles. The highest BCUT2D eigenvalue weighted by atomic mass is 19.1. The van der Waals surface area contributed by atoms with Gasteiger partial charge in [-0.1, -0.05) is 53.7 Å². The van der Waals surface area contributed by atoms with Gasteiger partial charge in [0.25, 0.3) is 6.47 Å². The van der Waals surface area contributed by atoms with E-state index in [0.29, 0.717) is 11.8 Å². The van der Waals surface area contributed by atoms with Gasteiger partial charge in [-0.05, 0) is 49.5 Å². The Morgan fingerprint density at radius 2 is 1.80 bits per heavy atom. The summed E-state index contributed by atoms with van der Waals surface area (Å²) in [4.78, 5) is 10.8. The number of nitrogens with two attached hydrogens (primary N) is 1. The van der Waals surface area contributed by atoms with Gasteiger partial charge in [-0.2, -0.15) is 0 Å². The third-order valence-electron chi connectivity index (χ3n) is 3.22. The third kappa shape index (κ3) is 14.6. The van der Waals surface area contributed by atoms with Crippen molar-refractivity contribution < 1.29 is 14.3 Å². The standard InChI is InChI=1S/C14H20FN.2C2H6.CH5N.CH2O2/c1-11(2)9-16-7-6-13(10-16)12-4-3-5-14(15)8-12;3*1-2;2-1-3/h3-5,8,11,13H,6-7,9-10H2,1-2H3;2*1-2H3;2H2,1H3;1H,(H,2,3)/t13-;;;;/m1..../s1. The average molecular weight is 359 g/mol. The summed E-state index contributed by atoms with van der Waals surface area (Å²) < 4.78 is 13.1. The van der Waals surface area contributed by atoms with Crippen LogP contribution < -0.4 is 5.73 Å². The number of nitrogens with zero attached hydrogens (tertiary/aromatic N) is 1. The van der Waals surface area contributed by atoms with Crippen molar-refractivity contribution in [1.29, 1.82) is 0 Å². The van der Waals surface area contributed by atoms with E-state index in [9.17, 15) is 4.39 Å². The Bertz CT molecular complexity index is 401. The van der Waals surface area contributed by atoms with Crippen LogP contribution in [0.3, 0.4) is 0 Å². The lowest BCUT2D eigenvalue weighted by molar-refractivity contribution is -0.122. The molecule has 1 aliphatic rings. The number of rotatable bonds is 3. The predicted octanol–water partition coefficient (Wildman–Crippen LogP) is 4.60. The minimum Gasteiger partial charge on any atom is -0.483 e. The lowest BCUT2D eigenvalue weighted by Crippen LogP contribution is -2.24. The van der Waals surface area contributed by atoms with Crippen molar-refractivity contribution in [2.45, 2.75) is 53.9 Å². The predicted molar refractivity (Wildman–Crippen MR) is 107 cm³/mol. The molecule has 1 atom stereocenters. The van der Waals surface area contributed by atoms with E-state index in [-0.39, 0.29) is 12.3 Å². The van der Waals surface area contributed by atoms with E-state index in [1.807, 2.05) is 39.8 Å². The fourth-order valence-corrected chi connectivity index (χ4v) is 2.55. The van der Waals surface area contributed by atoms with E-state index in [1.54, 1.807) is 6.07 Å². The number of halogens is 1. The van der Waals surface area contributed by atoms with Crippen molar-refractivity contribution >= 4 is 6.47 Å². The Morgan fingerprint density at radius 1 is 1.28 bits per heavy atom. The molecule has 1 aromatic carbocycles. The van der Waals surface area contributed by atoms with Crippen LogP contribution in [0.4, 0.5) is 4.39 Å². The Balaban J connectivity index is -0.000000464. The van der Waals surface area contributed by atoms with Crippen LogP contribution in [0.15, 0.2) is 24.3 Å². The Hall–Kier alpha value is -1.46. The maximum Gasteiger partial charge on any atom is 0.290 e. The van der Waals surface area contributed by atoms with E-state index >= 15 is 0 Å². The first-order valence-electron chi connectivity index (χ1n) is 9.20. The molecule has 0 saturated carbocycles. The van der Waals surface area contributed by atoms with Crippen molar-refractivity contribution in [3.05, 3.63) is 35.6 Å². The van der Waals surface area contributed by atoms with Gasteiger partial charge in [0.15, 0.2) is 0 Å². The number of likely N-dealkylation sites (tertiary alicyclic amines) is 1. The molecule has 0 unspecified atom stereocenters. The zero-order valence-corrected chi connectivity index (χ0v) is 17.1. The molecule has 1 aromatic rings. The molecule has 0 spiro atoms. The third-order valence-corrected chi connectivity index (χ3v) is 3.22. The molecule has 2 rings (SSSR count). The summed E-state index contributed by atoms with van der Waals surface area (Å²) in [6.45, 7) is 15.6. The van der Waals surface area contributed by atoms with Crippen LogP contribution in [0.1, 0.15) is 59.4 Å². The van der Waals surface area contributed by atoms with Crippen molar-refractivity contribution in [1.82, 2.24) is 4.90 Å². The minimum absolute atomic E-state index is 0.111. The lowest BCUT2D eigenvalue weighted by atomic mass is 9.98. The summed E-state index contributed by atoms with van der Waals surface area (Å²) in [5, 5.41) is 6.89. The van der Waals surface area contributed by atoms with E-state index in [0.717, 1.165) is 31.6 Å². The van der Waals surface area contributed by atoms with Gasteiger partial charge < -0.3 is 15.7 Å². The molecule has 1 fully saturated rings. The van der Waals surface area contributed by atoms with Gasteiger partial charge in [-0.3, -0.25) is 4.79 Å². The zero-order valence-electron chi connectivity index (χ0n) is 17.1. The van der Waals surface area contributed by atoms with Crippen LogP contribution in [0.5, 0.6) is 0 Å². The lowest BCUT2D eigenvalue weighted by Gasteiger charge is -2.18. The highest BCUT2D eigenvalue weighted by Gasteiger charge is 2.24. The number of hydrogen-bond donors (Lipinski definition) is 2. The summed E-state index contributed by atoms with van der Waals surface area (Å²) in [5.74, 6) is 1.13. The monoisotopic (exact) mass is 358 g/mol. The molecular weight excluding hydrogens is 319 g/mol. The molecule has 1 saturated heterocycles. The van der Waals surface area contributed by atoms with Gasteiger partial charge in [0.1, 0.15) is 5.82 Å². The molecule has 0 bridgehead atoms. The fourth-order valence-electron chi connectivity index (χ4n) is 2.55. The maximum absolute atomic E-state index is 13.1. The molecule has 5 heteroatoms. The minimum atomic E-state index is -0.250. The van der Waals surface area contributed by atoms with Gasteiger partial charge in [0.2, 0.25) is 0 Å². The second kappa shape index (κ2) is 20.6. The summed E-state index contributed by atoms with van der Waals surface area (Å²) in [6.07, 6.45) is 1.16. The molecule has 1 heterocycles. The molecule has 25 heavy (non-hydrogen) atoms. The van der Waals surface area contributed by atoms with E-state index in [4.69, 9.17) is 9.90 Å². The number of hydrogen-bond acceptors (Lipinski definition) is 3. The van der Waals surface area contributed by atoms with Crippen LogP contribution in [0.25, 0.3) is 0 Å². The molecular formula is C20H39FN2O2. The quantitative estimate of drug-likeness (QED) is 0.775. The molecule has 0 aromatic heterocycles. The molecule has 148 valence electrons. The largest absolute Gasteiger partial charge is 0.483 e. The summed E-state index contributed by atoms with van der Waals surface area (Å²) in [5.41, 5.74) is 5.66. The number of carbonyl (C=O) groups is 1. The first kappa shape index (κ1) is 28.3. The highest BCUT2D eigenvalue weighted by molar-refractivity contribution is 5.32. The molecule has 4 nitrogen and oxygen atoms in total. The van der Waals surface area contributed by atoms with Gasteiger partial charge in [0, 0.05) is 13.1 Å². The van der Waals surface area contributed by atoms with Crippen LogP contribution in [0, 0.1) is 11.7 Å². The molecule has 0 radical (unpaired) electrons. The Kier molecular flexibility index (Phi) is 23.3. The summed E-state index contributed by atoms with van der Waals surface area (Å²) in [7, 11) is 1.50. The van der Waals surface area contributed by atoms with Crippen LogP contribution in [-0.4, -0.2) is 43.2 Å². The van der Waals surface area contributed by atoms with Gasteiger partial charge >= 0.3 is 0 Å². The van der Waals surface area contributed by atoms with Crippen LogP contribution in [-0.2, 0) is 4.79 Å². The average Bonchev–Trinajstić information content (AvgIpc) is 3.09. The SMILES string of the molecule is CC.CC.CC(C)CN1CC[C@@H](c2cccc(F)c2)C1.CN.O=CO. The smallest absolute Gasteiger partial charge is 0.290 e. The number of benzene rings is 1. The maximum atomic E-state index is 13.1. The van der Waals surface area contributed by atoms with E-state index in [2.05, 4.69) is 24.5 Å². The molecule has 0 amide bonds. The van der Waals surface area contributed by atoms with Crippen LogP contribution in [0.2, 0.25) is 0 Å². The van der Waals surface area contributed by atoms with Crippen molar-refractivity contribution in [3.63, 3.8) is 0 Å². The fraction of sp³-hybridized carbons (Fsp3) is 0.650. The Labute approximate surface area is 154 Å². The normalized spacial score (nSPS) is 15.2. The highest BCUT2D eigenvalue weighted by Crippen LogP contribution is 2.27. The van der Waals surface area contributed by atoms with Crippen molar-refractivity contribution in [3.8, 4) is 0 Å². The van der Waals surface area contributed by atoms with Gasteiger partial charge in [0.05, 0.1) is 0 Å². The van der Waals surface area contributed by atoms with Crippen molar-refractivity contribution in [2.75, 3.05) is 26.7 Å². The second-order valence-corrected chi connectivity index (χ2v) is 5.30. The molecule has 3 N–H and O–H groups in total. The number of carboxylic acid groups (broad SMARTS) is 1. The Morgan fingerprint density at radius 3 is 2.24 bits per heavy atom. The van der Waals surface area contributed by atoms with Gasteiger partial charge in [-0.25, -0.2) is 4.39 Å². The van der Waals surface area contributed by atoms with Gasteiger partial charge in [-0.15, -0.1) is 0 Å². The second-order valence-electron chi connectivity index (χ2n) is 5.30. The summed E-state index contributed by atoms with van der Waals surface area (Å²) >= 11 is 0. The molecule has 0 aliphatic carbocycles. The van der Waals surface area contributed by atoms with Crippen molar-refractivity contribution in [2.24, 2.45) is 11.7 Å².